The third-order valence-corrected chi connectivity index (χ3v) is 3.26. The summed E-state index contributed by atoms with van der Waals surface area (Å²) in [5.74, 6) is -4.19. The van der Waals surface area contributed by atoms with Gasteiger partial charge in [0.2, 0.25) is 0 Å². The molecule has 0 aromatic heterocycles. The largest absolute Gasteiger partial charge is 0.372 e. The van der Waals surface area contributed by atoms with Gasteiger partial charge in [-0.3, -0.25) is 0 Å². The zero-order valence-electron chi connectivity index (χ0n) is 8.35. The van der Waals surface area contributed by atoms with Crippen molar-refractivity contribution in [3.05, 3.63) is 34.1 Å². The van der Waals surface area contributed by atoms with Gasteiger partial charge in [-0.25, -0.2) is 4.39 Å². The van der Waals surface area contributed by atoms with Crippen molar-refractivity contribution in [1.82, 2.24) is 0 Å². The van der Waals surface area contributed by atoms with Gasteiger partial charge in [-0.15, -0.1) is 0 Å². The summed E-state index contributed by atoms with van der Waals surface area (Å²) in [4.78, 5) is 0. The highest BCUT2D eigenvalue weighted by atomic mass is 79.9. The molecule has 0 unspecified atom stereocenters. The molecule has 1 fully saturated rings. The van der Waals surface area contributed by atoms with Gasteiger partial charge in [0.25, 0.3) is 0 Å². The Hall–Kier alpha value is -0.550. The van der Waals surface area contributed by atoms with Crippen LogP contribution in [0.15, 0.2) is 22.7 Å². The second-order valence-corrected chi connectivity index (χ2v) is 4.58. The Morgan fingerprint density at radius 3 is 2.75 bits per heavy atom. The molecule has 0 spiro atoms. The molecule has 0 aliphatic carbocycles. The summed E-state index contributed by atoms with van der Waals surface area (Å²) in [6.45, 7) is 0.315. The number of halogens is 4. The van der Waals surface area contributed by atoms with E-state index >= 15 is 0 Å². The first-order valence-electron chi connectivity index (χ1n) is 4.97. The van der Waals surface area contributed by atoms with Crippen molar-refractivity contribution >= 4 is 15.9 Å². The highest BCUT2D eigenvalue weighted by Crippen LogP contribution is 2.40. The van der Waals surface area contributed by atoms with Crippen molar-refractivity contribution in [2.24, 2.45) is 0 Å². The van der Waals surface area contributed by atoms with Gasteiger partial charge in [-0.2, -0.15) is 8.78 Å². The molecule has 5 heteroatoms. The van der Waals surface area contributed by atoms with Crippen LogP contribution in [-0.2, 0) is 10.7 Å². The number of rotatable bonds is 2. The molecule has 1 heterocycles. The van der Waals surface area contributed by atoms with E-state index in [0.717, 1.165) is 6.07 Å². The number of benzene rings is 1. The maximum absolute atomic E-state index is 13.9. The monoisotopic (exact) mass is 294 g/mol. The lowest BCUT2D eigenvalue weighted by Gasteiger charge is -2.23. The van der Waals surface area contributed by atoms with Crippen molar-refractivity contribution in [1.29, 1.82) is 0 Å². The Kier molecular flexibility index (Phi) is 3.26. The van der Waals surface area contributed by atoms with Crippen LogP contribution in [0.3, 0.4) is 0 Å². The van der Waals surface area contributed by atoms with E-state index in [1.165, 1.54) is 12.1 Å². The van der Waals surface area contributed by atoms with Crippen LogP contribution < -0.4 is 0 Å². The zero-order valence-corrected chi connectivity index (χ0v) is 9.94. The van der Waals surface area contributed by atoms with Gasteiger partial charge >= 0.3 is 5.92 Å². The number of hydrogen-bond acceptors (Lipinski definition) is 1. The summed E-state index contributed by atoms with van der Waals surface area (Å²) in [5.41, 5.74) is -0.603. The maximum Gasteiger partial charge on any atom is 0.301 e. The van der Waals surface area contributed by atoms with Gasteiger partial charge in [0.15, 0.2) is 0 Å². The van der Waals surface area contributed by atoms with Crippen LogP contribution in [0.5, 0.6) is 0 Å². The summed E-state index contributed by atoms with van der Waals surface area (Å²) in [7, 11) is 0. The van der Waals surface area contributed by atoms with E-state index in [4.69, 9.17) is 4.74 Å². The van der Waals surface area contributed by atoms with Gasteiger partial charge in [-0.05, 0) is 40.9 Å². The Morgan fingerprint density at radius 1 is 1.38 bits per heavy atom. The third-order valence-electron chi connectivity index (χ3n) is 2.64. The zero-order chi connectivity index (χ0) is 11.8. The van der Waals surface area contributed by atoms with Crippen molar-refractivity contribution in [2.75, 3.05) is 6.61 Å². The van der Waals surface area contributed by atoms with E-state index in [9.17, 15) is 13.2 Å². The third kappa shape index (κ3) is 1.98. The molecule has 16 heavy (non-hydrogen) atoms. The molecule has 1 nitrogen and oxygen atoms in total. The molecule has 1 aromatic carbocycles. The van der Waals surface area contributed by atoms with Crippen LogP contribution in [0.1, 0.15) is 18.4 Å². The molecule has 2 rings (SSSR count). The minimum Gasteiger partial charge on any atom is -0.372 e. The first-order valence-corrected chi connectivity index (χ1v) is 5.76. The van der Waals surface area contributed by atoms with Gasteiger partial charge < -0.3 is 4.74 Å². The van der Waals surface area contributed by atoms with Gasteiger partial charge in [0.05, 0.1) is 10.0 Å². The molecule has 88 valence electrons. The SMILES string of the molecule is Fc1c(Br)cccc1C(F)(F)[C@@H]1CCCO1. The fraction of sp³-hybridized carbons (Fsp3) is 0.455. The van der Waals surface area contributed by atoms with E-state index in [2.05, 4.69) is 15.9 Å². The van der Waals surface area contributed by atoms with Crippen molar-refractivity contribution < 1.29 is 17.9 Å². The topological polar surface area (TPSA) is 9.23 Å². The highest BCUT2D eigenvalue weighted by molar-refractivity contribution is 9.10. The Labute approximate surface area is 99.7 Å². The standard InChI is InChI=1S/C11H10BrF3O/c12-8-4-1-3-7(10(8)13)11(14,15)9-5-2-6-16-9/h1,3-4,9H,2,5-6H2/t9-/m0/s1. The Morgan fingerprint density at radius 2 is 2.12 bits per heavy atom. The molecule has 0 saturated carbocycles. The molecule has 1 atom stereocenters. The normalized spacial score (nSPS) is 21.4. The summed E-state index contributed by atoms with van der Waals surface area (Å²) in [6.07, 6.45) is -0.356. The van der Waals surface area contributed by atoms with Crippen molar-refractivity contribution in [3.63, 3.8) is 0 Å². The van der Waals surface area contributed by atoms with Crippen LogP contribution in [0.2, 0.25) is 0 Å². The average Bonchev–Trinajstić information content (AvgIpc) is 2.75. The molecule has 1 aromatic rings. The number of alkyl halides is 2. The predicted octanol–water partition coefficient (Wildman–Crippen LogP) is 3.86. The van der Waals surface area contributed by atoms with Crippen molar-refractivity contribution in [2.45, 2.75) is 24.9 Å². The molecule has 0 bridgehead atoms. The summed E-state index contributed by atoms with van der Waals surface area (Å²) >= 11 is 2.90. The van der Waals surface area contributed by atoms with Gasteiger partial charge in [0.1, 0.15) is 11.9 Å². The fourth-order valence-electron chi connectivity index (χ4n) is 1.80. The lowest BCUT2D eigenvalue weighted by molar-refractivity contribution is -0.124. The molecular formula is C11H10BrF3O. The van der Waals surface area contributed by atoms with E-state index in [1.54, 1.807) is 0 Å². The first-order chi connectivity index (χ1) is 7.53. The van der Waals surface area contributed by atoms with Gasteiger partial charge in [0, 0.05) is 6.61 Å². The van der Waals surface area contributed by atoms with Gasteiger partial charge in [-0.1, -0.05) is 6.07 Å². The lowest BCUT2D eigenvalue weighted by Crippen LogP contribution is -2.31. The lowest BCUT2D eigenvalue weighted by atomic mass is 10.0. The average molecular weight is 295 g/mol. The summed E-state index contributed by atoms with van der Waals surface area (Å²) in [6, 6.07) is 3.89. The molecule has 1 aliphatic heterocycles. The molecule has 1 saturated heterocycles. The Balaban J connectivity index is 2.38. The van der Waals surface area contributed by atoms with Crippen LogP contribution in [0.4, 0.5) is 13.2 Å². The van der Waals surface area contributed by atoms with E-state index in [-0.39, 0.29) is 10.9 Å². The van der Waals surface area contributed by atoms with E-state index in [0.29, 0.717) is 13.0 Å². The smallest absolute Gasteiger partial charge is 0.301 e. The van der Waals surface area contributed by atoms with Crippen LogP contribution in [-0.4, -0.2) is 12.7 Å². The first kappa shape index (κ1) is 11.9. The van der Waals surface area contributed by atoms with E-state index < -0.39 is 23.4 Å². The molecule has 1 aliphatic rings. The summed E-state index contributed by atoms with van der Waals surface area (Å²) in [5, 5.41) is 0. The maximum atomic E-state index is 13.9. The molecule has 0 N–H and O–H groups in total. The second-order valence-electron chi connectivity index (χ2n) is 3.73. The Bertz CT molecular complexity index is 389. The minimum absolute atomic E-state index is 0.0441. The molecule has 0 amide bonds. The van der Waals surface area contributed by atoms with Crippen molar-refractivity contribution in [3.8, 4) is 0 Å². The minimum atomic E-state index is -3.27. The molecule has 0 radical (unpaired) electrons. The fourth-order valence-corrected chi connectivity index (χ4v) is 2.16. The number of hydrogen-bond donors (Lipinski definition) is 0. The highest BCUT2D eigenvalue weighted by Gasteiger charge is 2.45. The van der Waals surface area contributed by atoms with Crippen LogP contribution in [0.25, 0.3) is 0 Å². The predicted molar refractivity (Wildman–Crippen MR) is 57.0 cm³/mol. The van der Waals surface area contributed by atoms with Crippen LogP contribution >= 0.6 is 15.9 Å². The quantitative estimate of drug-likeness (QED) is 0.805. The van der Waals surface area contributed by atoms with E-state index in [1.807, 2.05) is 0 Å². The van der Waals surface area contributed by atoms with Crippen LogP contribution in [0, 0.1) is 5.82 Å². The summed E-state index contributed by atoms with van der Waals surface area (Å²) < 4.78 is 46.4. The molecular weight excluding hydrogens is 285 g/mol. The number of ether oxygens (including phenoxy) is 1. The second kappa shape index (κ2) is 4.37.